The van der Waals surface area contributed by atoms with Gasteiger partial charge in [0.15, 0.2) is 0 Å². The zero-order valence-electron chi connectivity index (χ0n) is 14.0. The molecule has 25 heavy (non-hydrogen) atoms. The largest absolute Gasteiger partial charge is 0.322 e. The molecule has 3 aromatic rings. The first-order chi connectivity index (χ1) is 12.0. The average molecular weight is 351 g/mol. The van der Waals surface area contributed by atoms with Crippen LogP contribution in [0, 0.1) is 19.7 Å². The average Bonchev–Trinajstić information content (AvgIpc) is 2.60. The Morgan fingerprint density at radius 2 is 1.48 bits per heavy atom. The zero-order valence-corrected chi connectivity index (χ0v) is 14.9. The Morgan fingerprint density at radius 1 is 0.840 bits per heavy atom. The number of anilines is 1. The van der Waals surface area contributed by atoms with Gasteiger partial charge in [0.2, 0.25) is 0 Å². The second-order valence-corrected chi connectivity index (χ2v) is 6.98. The summed E-state index contributed by atoms with van der Waals surface area (Å²) >= 11 is 1.68. The molecule has 0 fully saturated rings. The first-order valence-corrected chi connectivity index (χ1v) is 8.75. The first-order valence-electron chi connectivity index (χ1n) is 7.93. The van der Waals surface area contributed by atoms with Crippen molar-refractivity contribution in [2.75, 3.05) is 5.32 Å². The summed E-state index contributed by atoms with van der Waals surface area (Å²) in [7, 11) is 0. The molecule has 0 spiro atoms. The molecule has 0 atom stereocenters. The van der Waals surface area contributed by atoms with E-state index in [4.69, 9.17) is 0 Å². The molecule has 0 bridgehead atoms. The summed E-state index contributed by atoms with van der Waals surface area (Å²) in [6.07, 6.45) is 0. The quantitative estimate of drug-likeness (QED) is 0.639. The van der Waals surface area contributed by atoms with Crippen molar-refractivity contribution in [2.45, 2.75) is 23.6 Å². The molecule has 2 nitrogen and oxygen atoms in total. The van der Waals surface area contributed by atoms with Gasteiger partial charge in [-0.2, -0.15) is 0 Å². The first kappa shape index (κ1) is 17.2. The second-order valence-electron chi connectivity index (χ2n) is 5.83. The molecule has 0 aliphatic carbocycles. The summed E-state index contributed by atoms with van der Waals surface area (Å²) in [5, 5.41) is 2.81. The number of halogens is 1. The highest BCUT2D eigenvalue weighted by Crippen LogP contribution is 2.29. The topological polar surface area (TPSA) is 29.1 Å². The van der Waals surface area contributed by atoms with E-state index in [0.29, 0.717) is 11.3 Å². The number of carbonyl (C=O) groups excluding carboxylic acids is 1. The molecule has 0 saturated heterocycles. The van der Waals surface area contributed by atoms with Gasteiger partial charge in [-0.1, -0.05) is 17.8 Å². The van der Waals surface area contributed by atoms with Crippen LogP contribution in [0.2, 0.25) is 0 Å². The van der Waals surface area contributed by atoms with Crippen molar-refractivity contribution < 1.29 is 9.18 Å². The molecule has 0 radical (unpaired) electrons. The molecule has 4 heteroatoms. The van der Waals surface area contributed by atoms with E-state index in [1.165, 1.54) is 40.3 Å². The Hall–Kier alpha value is -2.59. The molecule has 0 unspecified atom stereocenters. The number of rotatable bonds is 4. The smallest absolute Gasteiger partial charge is 0.255 e. The van der Waals surface area contributed by atoms with Crippen LogP contribution in [-0.2, 0) is 0 Å². The lowest BCUT2D eigenvalue weighted by molar-refractivity contribution is 0.102. The number of hydrogen-bond acceptors (Lipinski definition) is 2. The van der Waals surface area contributed by atoms with Gasteiger partial charge in [0.05, 0.1) is 0 Å². The Balaban J connectivity index is 1.66. The van der Waals surface area contributed by atoms with Crippen LogP contribution >= 0.6 is 11.8 Å². The molecule has 1 amide bonds. The van der Waals surface area contributed by atoms with Crippen molar-refractivity contribution in [2.24, 2.45) is 0 Å². The Bertz CT molecular complexity index is 889. The Labute approximate surface area is 151 Å². The number of carbonyl (C=O) groups is 1. The van der Waals surface area contributed by atoms with Gasteiger partial charge >= 0.3 is 0 Å². The van der Waals surface area contributed by atoms with Crippen LogP contribution in [0.3, 0.4) is 0 Å². The Morgan fingerprint density at radius 3 is 2.12 bits per heavy atom. The SMILES string of the molecule is Cc1ccc(Sc2ccc(NC(=O)c3ccc(F)cc3)cc2)cc1C. The van der Waals surface area contributed by atoms with Crippen LogP contribution < -0.4 is 5.32 Å². The maximum Gasteiger partial charge on any atom is 0.255 e. The lowest BCUT2D eigenvalue weighted by atomic mass is 10.1. The molecule has 0 aliphatic rings. The molecule has 0 aliphatic heterocycles. The van der Waals surface area contributed by atoms with Gasteiger partial charge in [0.25, 0.3) is 5.91 Å². The van der Waals surface area contributed by atoms with Crippen molar-refractivity contribution in [3.05, 3.63) is 89.2 Å². The van der Waals surface area contributed by atoms with E-state index in [0.717, 1.165) is 4.90 Å². The summed E-state index contributed by atoms with van der Waals surface area (Å²) in [5.74, 6) is -0.612. The minimum absolute atomic E-state index is 0.255. The third kappa shape index (κ3) is 4.48. The van der Waals surface area contributed by atoms with Crippen LogP contribution in [0.25, 0.3) is 0 Å². The fraction of sp³-hybridized carbons (Fsp3) is 0.0952. The molecule has 1 N–H and O–H groups in total. The summed E-state index contributed by atoms with van der Waals surface area (Å²) in [4.78, 5) is 14.4. The third-order valence-corrected chi connectivity index (χ3v) is 4.93. The molecule has 3 rings (SSSR count). The summed E-state index contributed by atoms with van der Waals surface area (Å²) in [6, 6.07) is 19.6. The number of amides is 1. The van der Waals surface area contributed by atoms with Crippen molar-refractivity contribution in [3.8, 4) is 0 Å². The van der Waals surface area contributed by atoms with Crippen LogP contribution in [0.15, 0.2) is 76.5 Å². The van der Waals surface area contributed by atoms with Crippen LogP contribution in [0.5, 0.6) is 0 Å². The molecule has 0 heterocycles. The zero-order chi connectivity index (χ0) is 17.8. The van der Waals surface area contributed by atoms with Crippen LogP contribution in [-0.4, -0.2) is 5.91 Å². The molecular weight excluding hydrogens is 333 g/mol. The van der Waals surface area contributed by atoms with Gasteiger partial charge in [-0.25, -0.2) is 4.39 Å². The number of aryl methyl sites for hydroxylation is 2. The summed E-state index contributed by atoms with van der Waals surface area (Å²) in [6.45, 7) is 4.20. The van der Waals surface area contributed by atoms with Gasteiger partial charge in [0, 0.05) is 21.0 Å². The van der Waals surface area contributed by atoms with Gasteiger partial charge in [-0.3, -0.25) is 4.79 Å². The van der Waals surface area contributed by atoms with E-state index in [2.05, 4.69) is 37.4 Å². The molecule has 3 aromatic carbocycles. The highest BCUT2D eigenvalue weighted by molar-refractivity contribution is 7.99. The highest BCUT2D eigenvalue weighted by atomic mass is 32.2. The number of hydrogen-bond donors (Lipinski definition) is 1. The Kier molecular flexibility index (Phi) is 5.19. The predicted octanol–water partition coefficient (Wildman–Crippen LogP) is 5.85. The minimum atomic E-state index is -0.357. The normalized spacial score (nSPS) is 10.5. The lowest BCUT2D eigenvalue weighted by Gasteiger charge is -2.08. The summed E-state index contributed by atoms with van der Waals surface area (Å²) < 4.78 is 12.9. The fourth-order valence-corrected chi connectivity index (χ4v) is 3.24. The third-order valence-electron chi connectivity index (χ3n) is 3.93. The molecule has 126 valence electrons. The fourth-order valence-electron chi connectivity index (χ4n) is 2.32. The van der Waals surface area contributed by atoms with Crippen molar-refractivity contribution in [1.29, 1.82) is 0 Å². The van der Waals surface area contributed by atoms with E-state index in [9.17, 15) is 9.18 Å². The van der Waals surface area contributed by atoms with Crippen molar-refractivity contribution in [3.63, 3.8) is 0 Å². The van der Waals surface area contributed by atoms with Crippen molar-refractivity contribution in [1.82, 2.24) is 0 Å². The van der Waals surface area contributed by atoms with Crippen LogP contribution in [0.1, 0.15) is 21.5 Å². The highest BCUT2D eigenvalue weighted by Gasteiger charge is 2.06. The lowest BCUT2D eigenvalue weighted by Crippen LogP contribution is -2.11. The van der Waals surface area contributed by atoms with E-state index < -0.39 is 0 Å². The number of nitrogens with one attached hydrogen (secondary N) is 1. The van der Waals surface area contributed by atoms with Crippen LogP contribution in [0.4, 0.5) is 10.1 Å². The monoisotopic (exact) mass is 351 g/mol. The van der Waals surface area contributed by atoms with E-state index in [1.54, 1.807) is 11.8 Å². The van der Waals surface area contributed by atoms with Gasteiger partial charge in [-0.05, 0) is 85.6 Å². The summed E-state index contributed by atoms with van der Waals surface area (Å²) in [5.41, 5.74) is 3.69. The van der Waals surface area contributed by atoms with Gasteiger partial charge in [0.1, 0.15) is 5.82 Å². The molecule has 0 aromatic heterocycles. The maximum atomic E-state index is 12.9. The predicted molar refractivity (Wildman–Crippen MR) is 101 cm³/mol. The molecule has 0 saturated carbocycles. The number of benzene rings is 3. The second kappa shape index (κ2) is 7.53. The van der Waals surface area contributed by atoms with Crippen molar-refractivity contribution >= 4 is 23.4 Å². The van der Waals surface area contributed by atoms with Gasteiger partial charge in [-0.15, -0.1) is 0 Å². The van der Waals surface area contributed by atoms with E-state index in [-0.39, 0.29) is 11.7 Å². The molecular formula is C21H18FNOS. The van der Waals surface area contributed by atoms with E-state index >= 15 is 0 Å². The standard InChI is InChI=1S/C21H18FNOS/c1-14-3-10-20(13-15(14)2)25-19-11-8-18(9-12-19)23-21(24)16-4-6-17(22)7-5-16/h3-13H,1-2H3,(H,23,24). The van der Waals surface area contributed by atoms with E-state index in [1.807, 2.05) is 24.3 Å². The maximum absolute atomic E-state index is 12.9. The minimum Gasteiger partial charge on any atom is -0.322 e. The van der Waals surface area contributed by atoms with Gasteiger partial charge < -0.3 is 5.32 Å².